The summed E-state index contributed by atoms with van der Waals surface area (Å²) in [6.07, 6.45) is 0. The van der Waals surface area contributed by atoms with Gasteiger partial charge in [0.25, 0.3) is 0 Å². The second-order valence-corrected chi connectivity index (χ2v) is 6.99. The van der Waals surface area contributed by atoms with Crippen LogP contribution < -0.4 is 11.1 Å². The van der Waals surface area contributed by atoms with Crippen LogP contribution in [0.15, 0.2) is 23.6 Å². The highest BCUT2D eigenvalue weighted by atomic mass is 32.2. The number of carbonyl (C=O) groups excluding carboxylic acids is 1. The molecular formula is C15H22N2O3S. The number of nitrogens with two attached hydrogens (primary N) is 1. The van der Waals surface area contributed by atoms with Crippen molar-refractivity contribution in [2.24, 2.45) is 11.1 Å². The second kappa shape index (κ2) is 6.76. The van der Waals surface area contributed by atoms with Crippen LogP contribution in [0.1, 0.15) is 33.3 Å². The second-order valence-electron chi connectivity index (χ2n) is 5.78. The molecule has 21 heavy (non-hydrogen) atoms. The number of aromatic hydroxyl groups is 2. The number of phenols is 2. The average Bonchev–Trinajstić information content (AvgIpc) is 2.34. The van der Waals surface area contributed by atoms with E-state index in [2.05, 4.69) is 5.32 Å². The normalized spacial score (nSPS) is 13.8. The Hall–Kier alpha value is -1.82. The highest BCUT2D eigenvalue weighted by Gasteiger charge is 2.22. The van der Waals surface area contributed by atoms with Crippen molar-refractivity contribution in [3.05, 3.63) is 29.2 Å². The summed E-state index contributed by atoms with van der Waals surface area (Å²) in [5.41, 5.74) is 6.26. The molecule has 0 aliphatic carbocycles. The van der Waals surface area contributed by atoms with Gasteiger partial charge in [-0.3, -0.25) is 4.79 Å². The van der Waals surface area contributed by atoms with Gasteiger partial charge in [0.15, 0.2) is 0 Å². The lowest BCUT2D eigenvalue weighted by Gasteiger charge is -2.20. The van der Waals surface area contributed by atoms with E-state index in [0.717, 1.165) is 0 Å². The molecule has 0 spiro atoms. The molecule has 0 fully saturated rings. The maximum absolute atomic E-state index is 11.8. The number of hydrogen-bond donors (Lipinski definition) is 4. The molecular weight excluding hydrogens is 288 g/mol. The molecule has 0 saturated heterocycles. The Kier molecular flexibility index (Phi) is 5.54. The van der Waals surface area contributed by atoms with E-state index in [1.54, 1.807) is 5.41 Å². The summed E-state index contributed by atoms with van der Waals surface area (Å²) >= 11 is 1.34. The molecule has 1 rings (SSSR count). The van der Waals surface area contributed by atoms with Crippen molar-refractivity contribution in [2.75, 3.05) is 0 Å². The first-order valence-electron chi connectivity index (χ1n) is 6.55. The molecule has 1 unspecified atom stereocenters. The minimum atomic E-state index is -0.445. The van der Waals surface area contributed by atoms with Crippen molar-refractivity contribution in [3.8, 4) is 11.5 Å². The van der Waals surface area contributed by atoms with E-state index in [4.69, 9.17) is 5.73 Å². The minimum Gasteiger partial charge on any atom is -0.508 e. The fourth-order valence-corrected chi connectivity index (χ4v) is 2.09. The Labute approximate surface area is 129 Å². The third-order valence-electron chi connectivity index (χ3n) is 2.71. The van der Waals surface area contributed by atoms with E-state index < -0.39 is 5.41 Å². The molecule has 0 saturated carbocycles. The van der Waals surface area contributed by atoms with E-state index in [9.17, 15) is 15.0 Å². The SMILES string of the molecule is CC(NC(=O)C(C)(C)C)S/C=C(\N)c1ccc(O)cc1O. The van der Waals surface area contributed by atoms with Crippen molar-refractivity contribution in [2.45, 2.75) is 33.1 Å². The predicted molar refractivity (Wildman–Crippen MR) is 86.6 cm³/mol. The number of carbonyl (C=O) groups is 1. The van der Waals surface area contributed by atoms with Crippen LogP contribution >= 0.6 is 11.8 Å². The Morgan fingerprint density at radius 1 is 1.38 bits per heavy atom. The van der Waals surface area contributed by atoms with Gasteiger partial charge in [-0.25, -0.2) is 0 Å². The molecule has 1 amide bonds. The Balaban J connectivity index is 2.69. The molecule has 116 valence electrons. The van der Waals surface area contributed by atoms with Crippen molar-refractivity contribution >= 4 is 23.4 Å². The van der Waals surface area contributed by atoms with Gasteiger partial charge in [-0.15, -0.1) is 11.8 Å². The fraction of sp³-hybridized carbons (Fsp3) is 0.400. The van der Waals surface area contributed by atoms with Crippen LogP contribution in [0.5, 0.6) is 11.5 Å². The highest BCUT2D eigenvalue weighted by Crippen LogP contribution is 2.28. The maximum atomic E-state index is 11.8. The zero-order chi connectivity index (χ0) is 16.2. The Bertz CT molecular complexity index is 550. The van der Waals surface area contributed by atoms with Crippen LogP contribution in [0.2, 0.25) is 0 Å². The first kappa shape index (κ1) is 17.2. The first-order valence-corrected chi connectivity index (χ1v) is 7.50. The molecule has 0 aromatic heterocycles. The van der Waals surface area contributed by atoms with Gasteiger partial charge in [-0.05, 0) is 24.5 Å². The van der Waals surface area contributed by atoms with E-state index in [0.29, 0.717) is 11.3 Å². The van der Waals surface area contributed by atoms with Crippen molar-refractivity contribution in [3.63, 3.8) is 0 Å². The number of rotatable bonds is 4. The first-order chi connectivity index (χ1) is 9.61. The third kappa shape index (κ3) is 5.23. The summed E-state index contributed by atoms with van der Waals surface area (Å²) in [6, 6.07) is 4.21. The van der Waals surface area contributed by atoms with Crippen LogP contribution in [0.3, 0.4) is 0 Å². The van der Waals surface area contributed by atoms with Gasteiger partial charge < -0.3 is 21.3 Å². The topological polar surface area (TPSA) is 95.6 Å². The number of benzene rings is 1. The highest BCUT2D eigenvalue weighted by molar-refractivity contribution is 8.02. The summed E-state index contributed by atoms with van der Waals surface area (Å²) in [5, 5.41) is 23.4. The Morgan fingerprint density at radius 3 is 2.52 bits per heavy atom. The average molecular weight is 310 g/mol. The van der Waals surface area contributed by atoms with Gasteiger partial charge in [0, 0.05) is 22.7 Å². The molecule has 5 N–H and O–H groups in total. The molecule has 1 aromatic rings. The standard InChI is InChI=1S/C15H22N2O3S/c1-9(17-14(20)15(2,3)4)21-8-12(16)11-6-5-10(18)7-13(11)19/h5-9,18-19H,16H2,1-4H3,(H,17,20)/b12-8-. The molecule has 0 heterocycles. The third-order valence-corrected chi connectivity index (χ3v) is 3.62. The number of phenolic OH excluding ortho intramolecular Hbond substituents is 2. The van der Waals surface area contributed by atoms with E-state index >= 15 is 0 Å². The number of amides is 1. The van der Waals surface area contributed by atoms with Gasteiger partial charge in [0.05, 0.1) is 5.37 Å². The van der Waals surface area contributed by atoms with Crippen molar-refractivity contribution < 1.29 is 15.0 Å². The van der Waals surface area contributed by atoms with Crippen molar-refractivity contribution in [1.82, 2.24) is 5.32 Å². The van der Waals surface area contributed by atoms with Crippen LogP contribution in [0.4, 0.5) is 0 Å². The molecule has 6 heteroatoms. The van der Waals surface area contributed by atoms with Crippen LogP contribution in [0.25, 0.3) is 5.70 Å². The maximum Gasteiger partial charge on any atom is 0.226 e. The smallest absolute Gasteiger partial charge is 0.226 e. The van der Waals surface area contributed by atoms with E-state index in [1.807, 2.05) is 27.7 Å². The number of thioether (sulfide) groups is 1. The lowest BCUT2D eigenvalue weighted by atomic mass is 9.96. The van der Waals surface area contributed by atoms with Crippen LogP contribution in [-0.2, 0) is 4.79 Å². The van der Waals surface area contributed by atoms with Crippen LogP contribution in [0, 0.1) is 5.41 Å². The molecule has 0 aliphatic heterocycles. The van der Waals surface area contributed by atoms with Crippen molar-refractivity contribution in [1.29, 1.82) is 0 Å². The van der Waals surface area contributed by atoms with Gasteiger partial charge in [-0.1, -0.05) is 20.8 Å². The molecule has 1 aromatic carbocycles. The molecule has 5 nitrogen and oxygen atoms in total. The van der Waals surface area contributed by atoms with E-state index in [1.165, 1.54) is 30.0 Å². The summed E-state index contributed by atoms with van der Waals surface area (Å²) in [6.45, 7) is 7.39. The predicted octanol–water partition coefficient (Wildman–Crippen LogP) is 2.60. The molecule has 0 bridgehead atoms. The monoisotopic (exact) mass is 310 g/mol. The quantitative estimate of drug-likeness (QED) is 0.641. The molecule has 0 aliphatic rings. The zero-order valence-corrected chi connectivity index (χ0v) is 13.5. The largest absolute Gasteiger partial charge is 0.508 e. The molecule has 0 radical (unpaired) electrons. The zero-order valence-electron chi connectivity index (χ0n) is 12.7. The van der Waals surface area contributed by atoms with Gasteiger partial charge in [0.2, 0.25) is 5.91 Å². The van der Waals surface area contributed by atoms with E-state index in [-0.39, 0.29) is 22.8 Å². The summed E-state index contributed by atoms with van der Waals surface area (Å²) in [4.78, 5) is 11.8. The van der Waals surface area contributed by atoms with Gasteiger partial charge >= 0.3 is 0 Å². The summed E-state index contributed by atoms with van der Waals surface area (Å²) in [7, 11) is 0. The fourth-order valence-electron chi connectivity index (χ4n) is 1.44. The molecule has 1 atom stereocenters. The van der Waals surface area contributed by atoms with Gasteiger partial charge in [-0.2, -0.15) is 0 Å². The minimum absolute atomic E-state index is 0.0255. The van der Waals surface area contributed by atoms with Gasteiger partial charge in [0.1, 0.15) is 11.5 Å². The summed E-state index contributed by atoms with van der Waals surface area (Å²) in [5.74, 6) is -0.153. The lowest BCUT2D eigenvalue weighted by Crippen LogP contribution is -2.38. The lowest BCUT2D eigenvalue weighted by molar-refractivity contribution is -0.128. The number of nitrogens with one attached hydrogen (secondary N) is 1. The number of hydrogen-bond acceptors (Lipinski definition) is 5. The van der Waals surface area contributed by atoms with Crippen LogP contribution in [-0.4, -0.2) is 21.5 Å². The summed E-state index contributed by atoms with van der Waals surface area (Å²) < 4.78 is 0. The Morgan fingerprint density at radius 2 is 2.00 bits per heavy atom.